The maximum absolute atomic E-state index is 12.2. The van der Waals surface area contributed by atoms with Crippen LogP contribution in [0.15, 0.2) is 51.2 Å². The summed E-state index contributed by atoms with van der Waals surface area (Å²) < 4.78 is 5.21. The van der Waals surface area contributed by atoms with Gasteiger partial charge in [-0.2, -0.15) is 0 Å². The topological polar surface area (TPSA) is 96.1 Å². The van der Waals surface area contributed by atoms with Crippen molar-refractivity contribution in [1.82, 2.24) is 5.32 Å². The first-order valence-electron chi connectivity index (χ1n) is 7.81. The van der Waals surface area contributed by atoms with Crippen molar-refractivity contribution in [1.29, 1.82) is 0 Å². The van der Waals surface area contributed by atoms with Crippen LogP contribution >= 0.6 is 35.0 Å². The Morgan fingerprint density at radius 1 is 1.33 bits per heavy atom. The minimum atomic E-state index is -0.610. The van der Waals surface area contributed by atoms with E-state index in [2.05, 4.69) is 20.8 Å². The van der Waals surface area contributed by atoms with Crippen LogP contribution in [0.1, 0.15) is 19.1 Å². The molecule has 2 heterocycles. The molecule has 0 aliphatic carbocycles. The number of thioether (sulfide) groups is 1. The second kappa shape index (κ2) is 8.60. The smallest absolute Gasteiger partial charge is 0.240 e. The van der Waals surface area contributed by atoms with Crippen LogP contribution in [0.2, 0.25) is 10.0 Å². The number of amides is 2. The Hall–Kier alpha value is -2.29. The van der Waals surface area contributed by atoms with Gasteiger partial charge in [-0.1, -0.05) is 41.0 Å². The standard InChI is InChI=1S/C17H14Cl2N4O3S/c1-9(12-6-3-7-26-12)22-23-17-21-16(25)13(27-17)8-14(24)20-11-5-2-4-10(18)15(11)19/h2-7,13H,8H2,1H3,(H,20,24)(H,21,23,25)/b22-9-/t13-/m0/s1. The van der Waals surface area contributed by atoms with E-state index in [0.29, 0.717) is 27.3 Å². The Kier molecular flexibility index (Phi) is 6.20. The maximum Gasteiger partial charge on any atom is 0.240 e. The Balaban J connectivity index is 1.60. The molecule has 2 aromatic rings. The predicted molar refractivity (Wildman–Crippen MR) is 108 cm³/mol. The summed E-state index contributed by atoms with van der Waals surface area (Å²) in [6.45, 7) is 1.74. The molecule has 0 spiro atoms. The number of benzene rings is 1. The molecule has 0 saturated carbocycles. The molecule has 1 aromatic heterocycles. The normalized spacial score (nSPS) is 18.6. The number of anilines is 1. The van der Waals surface area contributed by atoms with E-state index in [1.54, 1.807) is 37.3 Å². The highest BCUT2D eigenvalue weighted by Crippen LogP contribution is 2.30. The summed E-state index contributed by atoms with van der Waals surface area (Å²) in [5, 5.41) is 13.6. The van der Waals surface area contributed by atoms with Crippen molar-refractivity contribution in [2.75, 3.05) is 5.32 Å². The van der Waals surface area contributed by atoms with Gasteiger partial charge in [-0.3, -0.25) is 9.59 Å². The van der Waals surface area contributed by atoms with E-state index in [9.17, 15) is 9.59 Å². The van der Waals surface area contributed by atoms with Crippen molar-refractivity contribution in [3.05, 3.63) is 52.4 Å². The zero-order chi connectivity index (χ0) is 19.4. The molecule has 27 heavy (non-hydrogen) atoms. The maximum atomic E-state index is 12.2. The van der Waals surface area contributed by atoms with E-state index in [4.69, 9.17) is 27.6 Å². The summed E-state index contributed by atoms with van der Waals surface area (Å²) in [5.41, 5.74) is 0.962. The number of rotatable bonds is 5. The zero-order valence-corrected chi connectivity index (χ0v) is 16.4. The number of hydrogen-bond donors (Lipinski definition) is 2. The van der Waals surface area contributed by atoms with Gasteiger partial charge in [0, 0.05) is 6.42 Å². The van der Waals surface area contributed by atoms with Crippen molar-refractivity contribution in [3.63, 3.8) is 0 Å². The first kappa shape index (κ1) is 19.5. The predicted octanol–water partition coefficient (Wildman–Crippen LogP) is 3.93. The van der Waals surface area contributed by atoms with Gasteiger partial charge in [-0.25, -0.2) is 0 Å². The van der Waals surface area contributed by atoms with Gasteiger partial charge in [0.1, 0.15) is 16.7 Å². The second-order valence-corrected chi connectivity index (χ2v) is 7.49. The molecule has 0 radical (unpaired) electrons. The van der Waals surface area contributed by atoms with Crippen LogP contribution in [0.4, 0.5) is 5.69 Å². The van der Waals surface area contributed by atoms with E-state index in [-0.39, 0.29) is 23.3 Å². The van der Waals surface area contributed by atoms with E-state index in [1.165, 1.54) is 6.26 Å². The largest absolute Gasteiger partial charge is 0.463 e. The van der Waals surface area contributed by atoms with Gasteiger partial charge < -0.3 is 15.1 Å². The lowest BCUT2D eigenvalue weighted by Crippen LogP contribution is -2.28. The summed E-state index contributed by atoms with van der Waals surface area (Å²) in [6, 6.07) is 8.42. The average molecular weight is 425 g/mol. The third kappa shape index (κ3) is 4.91. The summed E-state index contributed by atoms with van der Waals surface area (Å²) in [4.78, 5) is 24.3. The summed E-state index contributed by atoms with van der Waals surface area (Å²) in [5.74, 6) is -0.0803. The van der Waals surface area contributed by atoms with Crippen molar-refractivity contribution >= 4 is 63.3 Å². The first-order chi connectivity index (χ1) is 12.9. The Morgan fingerprint density at radius 2 is 2.15 bits per heavy atom. The van der Waals surface area contributed by atoms with Crippen LogP contribution in [0.25, 0.3) is 0 Å². The SMILES string of the molecule is C/C(=N/N=C1\NC(=O)[C@H](CC(=O)Nc2cccc(Cl)c2Cl)S1)c1ccco1. The number of halogens is 2. The van der Waals surface area contributed by atoms with Crippen molar-refractivity contribution in [2.45, 2.75) is 18.6 Å². The molecule has 140 valence electrons. The highest BCUT2D eigenvalue weighted by molar-refractivity contribution is 8.15. The lowest BCUT2D eigenvalue weighted by atomic mass is 10.2. The molecule has 10 heteroatoms. The van der Waals surface area contributed by atoms with Crippen molar-refractivity contribution in [3.8, 4) is 0 Å². The van der Waals surface area contributed by atoms with E-state index in [1.807, 2.05) is 0 Å². The van der Waals surface area contributed by atoms with Crippen LogP contribution in [-0.4, -0.2) is 27.9 Å². The van der Waals surface area contributed by atoms with Crippen LogP contribution in [0.3, 0.4) is 0 Å². The molecule has 3 rings (SSSR count). The molecule has 0 bridgehead atoms. The molecule has 1 atom stereocenters. The summed E-state index contributed by atoms with van der Waals surface area (Å²) in [6.07, 6.45) is 1.49. The highest BCUT2D eigenvalue weighted by atomic mass is 35.5. The number of carbonyl (C=O) groups is 2. The van der Waals surface area contributed by atoms with Gasteiger partial charge in [0.15, 0.2) is 5.17 Å². The van der Waals surface area contributed by atoms with E-state index >= 15 is 0 Å². The fourth-order valence-electron chi connectivity index (χ4n) is 2.21. The number of hydrogen-bond acceptors (Lipinski definition) is 6. The van der Waals surface area contributed by atoms with Crippen LogP contribution in [0, 0.1) is 0 Å². The monoisotopic (exact) mass is 424 g/mol. The molecule has 1 aromatic carbocycles. The van der Waals surface area contributed by atoms with E-state index in [0.717, 1.165) is 11.8 Å². The molecular weight excluding hydrogens is 411 g/mol. The van der Waals surface area contributed by atoms with Gasteiger partial charge in [0.05, 0.1) is 22.0 Å². The Morgan fingerprint density at radius 3 is 2.89 bits per heavy atom. The lowest BCUT2D eigenvalue weighted by molar-refractivity contribution is -0.122. The van der Waals surface area contributed by atoms with Crippen molar-refractivity contribution in [2.24, 2.45) is 10.2 Å². The zero-order valence-electron chi connectivity index (χ0n) is 14.0. The third-order valence-corrected chi connectivity index (χ3v) is 5.43. The van der Waals surface area contributed by atoms with Crippen LogP contribution in [0.5, 0.6) is 0 Å². The fourth-order valence-corrected chi connectivity index (χ4v) is 3.48. The summed E-state index contributed by atoms with van der Waals surface area (Å²) >= 11 is 13.1. The van der Waals surface area contributed by atoms with Gasteiger partial charge in [-0.15, -0.1) is 10.2 Å². The molecule has 1 aliphatic heterocycles. The number of nitrogens with zero attached hydrogens (tertiary/aromatic N) is 2. The molecule has 7 nitrogen and oxygen atoms in total. The minimum absolute atomic E-state index is 0.0424. The Bertz CT molecular complexity index is 928. The molecule has 2 amide bonds. The quantitative estimate of drug-likeness (QED) is 0.561. The van der Waals surface area contributed by atoms with Gasteiger partial charge in [0.25, 0.3) is 0 Å². The number of nitrogens with one attached hydrogen (secondary N) is 2. The Labute approximate surface area is 169 Å². The minimum Gasteiger partial charge on any atom is -0.463 e. The number of carbonyl (C=O) groups excluding carboxylic acids is 2. The molecule has 0 unspecified atom stereocenters. The number of amidine groups is 1. The third-order valence-electron chi connectivity index (χ3n) is 3.54. The van der Waals surface area contributed by atoms with Gasteiger partial charge in [-0.05, 0) is 31.2 Å². The molecule has 1 aliphatic rings. The van der Waals surface area contributed by atoms with E-state index < -0.39 is 5.25 Å². The summed E-state index contributed by atoms with van der Waals surface area (Å²) in [7, 11) is 0. The second-order valence-electron chi connectivity index (χ2n) is 5.52. The van der Waals surface area contributed by atoms with Gasteiger partial charge in [0.2, 0.25) is 11.8 Å². The molecule has 1 saturated heterocycles. The van der Waals surface area contributed by atoms with Gasteiger partial charge >= 0.3 is 0 Å². The van der Waals surface area contributed by atoms with Crippen molar-refractivity contribution < 1.29 is 14.0 Å². The molecule has 2 N–H and O–H groups in total. The lowest BCUT2D eigenvalue weighted by Gasteiger charge is -2.09. The van der Waals surface area contributed by atoms with Crippen LogP contribution < -0.4 is 10.6 Å². The fraction of sp³-hybridized carbons (Fsp3) is 0.176. The van der Waals surface area contributed by atoms with Crippen LogP contribution in [-0.2, 0) is 9.59 Å². The first-order valence-corrected chi connectivity index (χ1v) is 9.45. The number of furan rings is 1. The average Bonchev–Trinajstić information content (AvgIpc) is 3.27. The molecular formula is C17H14Cl2N4O3S. The highest BCUT2D eigenvalue weighted by Gasteiger charge is 2.32. The molecule has 1 fully saturated rings.